The van der Waals surface area contributed by atoms with Gasteiger partial charge in [0.25, 0.3) is 6.47 Å². The zero-order valence-corrected chi connectivity index (χ0v) is 19.6. The van der Waals surface area contributed by atoms with Crippen molar-refractivity contribution in [3.63, 3.8) is 0 Å². The molecular formula is C24H32N2O10. The van der Waals surface area contributed by atoms with E-state index in [2.05, 4.69) is 0 Å². The van der Waals surface area contributed by atoms with E-state index in [1.807, 2.05) is 0 Å². The number of aromatic hydroxyl groups is 2. The summed E-state index contributed by atoms with van der Waals surface area (Å²) in [5, 5.41) is 69.9. The van der Waals surface area contributed by atoms with Crippen LogP contribution >= 0.6 is 0 Å². The first-order valence-electron chi connectivity index (χ1n) is 11.1. The number of aliphatic carboxylic acids is 1. The third-order valence-electron chi connectivity index (χ3n) is 5.90. The van der Waals surface area contributed by atoms with Crippen LogP contribution in [0.1, 0.15) is 22.3 Å². The summed E-state index contributed by atoms with van der Waals surface area (Å²) in [7, 11) is 0. The first-order valence-corrected chi connectivity index (χ1v) is 11.1. The van der Waals surface area contributed by atoms with E-state index in [0.29, 0.717) is 11.1 Å². The molecule has 0 heterocycles. The predicted octanol–water partition coefficient (Wildman–Crippen LogP) is -0.676. The van der Waals surface area contributed by atoms with Crippen LogP contribution in [0.15, 0.2) is 36.4 Å². The van der Waals surface area contributed by atoms with E-state index in [9.17, 15) is 45.3 Å². The second-order valence-electron chi connectivity index (χ2n) is 8.10. The zero-order chi connectivity index (χ0) is 26.7. The summed E-state index contributed by atoms with van der Waals surface area (Å²) in [4.78, 5) is 25.3. The average Bonchev–Trinajstić information content (AvgIpc) is 2.86. The van der Waals surface area contributed by atoms with E-state index in [0.717, 1.165) is 0 Å². The van der Waals surface area contributed by atoms with Crippen molar-refractivity contribution in [2.75, 3.05) is 26.5 Å². The van der Waals surface area contributed by atoms with E-state index in [1.165, 1.54) is 28.0 Å². The average molecular weight is 509 g/mol. The number of carboxylic acid groups (broad SMARTS) is 1. The molecule has 0 bridgehead atoms. The smallest absolute Gasteiger partial charge is 0.317 e. The van der Waals surface area contributed by atoms with Gasteiger partial charge < -0.3 is 40.5 Å². The van der Waals surface area contributed by atoms with Crippen molar-refractivity contribution in [2.45, 2.75) is 38.4 Å². The van der Waals surface area contributed by atoms with Crippen LogP contribution in [0.25, 0.3) is 0 Å². The Labute approximate surface area is 207 Å². The van der Waals surface area contributed by atoms with Gasteiger partial charge in [-0.25, -0.2) is 0 Å². The van der Waals surface area contributed by atoms with Gasteiger partial charge in [-0.2, -0.15) is 0 Å². The lowest BCUT2D eigenvalue weighted by Crippen LogP contribution is -2.56. The second kappa shape index (κ2) is 14.3. The number of benzene rings is 2. The van der Waals surface area contributed by atoms with Crippen LogP contribution in [0.3, 0.4) is 0 Å². The SMILES string of the molecule is O=COCN(Cc1cccc(CO)c1O)C(CO)C(CO)N(CC(=O)O)Cc1cccc(CO)c1O. The normalized spacial score (nSPS) is 13.1. The number of para-hydroxylation sites is 2. The zero-order valence-electron chi connectivity index (χ0n) is 19.6. The Bertz CT molecular complexity index is 1000. The molecule has 2 atom stereocenters. The summed E-state index contributed by atoms with van der Waals surface area (Å²) in [6.45, 7) is -3.04. The summed E-state index contributed by atoms with van der Waals surface area (Å²) < 4.78 is 4.89. The van der Waals surface area contributed by atoms with Gasteiger partial charge in [-0.15, -0.1) is 0 Å². The van der Waals surface area contributed by atoms with E-state index in [1.54, 1.807) is 18.2 Å². The summed E-state index contributed by atoms with van der Waals surface area (Å²) in [5.41, 5.74) is 1.13. The molecule has 0 aliphatic rings. The molecule has 198 valence electrons. The number of ether oxygens (including phenoxy) is 1. The van der Waals surface area contributed by atoms with Gasteiger partial charge in [-0.1, -0.05) is 36.4 Å². The van der Waals surface area contributed by atoms with E-state index >= 15 is 0 Å². The quantitative estimate of drug-likeness (QED) is 0.112. The van der Waals surface area contributed by atoms with E-state index in [-0.39, 0.29) is 48.9 Å². The minimum atomic E-state index is -1.23. The molecule has 0 aliphatic heterocycles. The number of carbonyl (C=O) groups is 2. The van der Waals surface area contributed by atoms with Crippen LogP contribution < -0.4 is 0 Å². The minimum Gasteiger partial charge on any atom is -0.507 e. The lowest BCUT2D eigenvalue weighted by molar-refractivity contribution is -0.141. The monoisotopic (exact) mass is 508 g/mol. The molecule has 2 aromatic carbocycles. The number of carbonyl (C=O) groups excluding carboxylic acids is 1. The van der Waals surface area contributed by atoms with Crippen LogP contribution in [0, 0.1) is 0 Å². The standard InChI is InChI=1S/C24H32N2O10/c27-10-18-5-1-3-16(23(18)34)7-25(9-22(32)33)20(12-29)21(13-30)26(14-36-15-31)8-17-4-2-6-19(11-28)24(17)35/h1-6,15,20-21,27-30,34-35H,7-14H2,(H,32,33). The highest BCUT2D eigenvalue weighted by Gasteiger charge is 2.34. The lowest BCUT2D eigenvalue weighted by atomic mass is 10.0. The molecule has 0 amide bonds. The number of aliphatic hydroxyl groups excluding tert-OH is 4. The van der Waals surface area contributed by atoms with Crippen LogP contribution in [0.2, 0.25) is 0 Å². The number of hydrogen-bond donors (Lipinski definition) is 7. The molecule has 36 heavy (non-hydrogen) atoms. The van der Waals surface area contributed by atoms with Crippen molar-refractivity contribution >= 4 is 12.4 Å². The predicted molar refractivity (Wildman–Crippen MR) is 125 cm³/mol. The van der Waals surface area contributed by atoms with E-state index in [4.69, 9.17) is 4.74 Å². The molecule has 12 heteroatoms. The molecule has 7 N–H and O–H groups in total. The maximum atomic E-state index is 11.7. The molecule has 2 aromatic rings. The third kappa shape index (κ3) is 7.37. The van der Waals surface area contributed by atoms with Gasteiger partial charge in [-0.3, -0.25) is 19.4 Å². The van der Waals surface area contributed by atoms with Crippen LogP contribution in [-0.4, -0.2) is 96.6 Å². The Morgan fingerprint density at radius 1 is 0.806 bits per heavy atom. The maximum absolute atomic E-state index is 11.7. The Morgan fingerprint density at radius 3 is 1.67 bits per heavy atom. The van der Waals surface area contributed by atoms with Gasteiger partial charge in [0.1, 0.15) is 18.2 Å². The first-order chi connectivity index (χ1) is 17.3. The topological polar surface area (TPSA) is 191 Å². The Kier molecular flexibility index (Phi) is 11.5. The maximum Gasteiger partial charge on any atom is 0.317 e. The molecule has 0 aliphatic carbocycles. The van der Waals surface area contributed by atoms with Gasteiger partial charge in [-0.05, 0) is 0 Å². The van der Waals surface area contributed by atoms with Gasteiger partial charge in [0.05, 0.1) is 45.1 Å². The molecule has 0 spiro atoms. The van der Waals surface area contributed by atoms with Crippen molar-refractivity contribution in [1.82, 2.24) is 9.80 Å². The molecule has 0 saturated heterocycles. The van der Waals surface area contributed by atoms with E-state index < -0.39 is 51.0 Å². The van der Waals surface area contributed by atoms with Gasteiger partial charge in [0.15, 0.2) is 0 Å². The molecule has 0 fully saturated rings. The highest BCUT2D eigenvalue weighted by molar-refractivity contribution is 5.69. The Hall–Kier alpha value is -3.26. The fourth-order valence-electron chi connectivity index (χ4n) is 4.05. The first kappa shape index (κ1) is 29.0. The van der Waals surface area contributed by atoms with Crippen molar-refractivity contribution < 1.29 is 50.1 Å². The molecule has 2 unspecified atom stereocenters. The van der Waals surface area contributed by atoms with Crippen molar-refractivity contribution in [3.05, 3.63) is 58.7 Å². The number of hydrogen-bond acceptors (Lipinski definition) is 11. The molecular weight excluding hydrogens is 476 g/mol. The summed E-state index contributed by atoms with van der Waals surface area (Å²) in [6.07, 6.45) is 0. The third-order valence-corrected chi connectivity index (χ3v) is 5.90. The molecule has 12 nitrogen and oxygen atoms in total. The van der Waals surface area contributed by atoms with Crippen molar-refractivity contribution in [2.24, 2.45) is 0 Å². The van der Waals surface area contributed by atoms with Gasteiger partial charge in [0, 0.05) is 35.3 Å². The Morgan fingerprint density at radius 2 is 1.25 bits per heavy atom. The van der Waals surface area contributed by atoms with Gasteiger partial charge >= 0.3 is 5.97 Å². The summed E-state index contributed by atoms with van der Waals surface area (Å²) >= 11 is 0. The molecule has 2 rings (SSSR count). The fourth-order valence-corrected chi connectivity index (χ4v) is 4.05. The largest absolute Gasteiger partial charge is 0.507 e. The minimum absolute atomic E-state index is 0.0819. The second-order valence-corrected chi connectivity index (χ2v) is 8.10. The van der Waals surface area contributed by atoms with Crippen LogP contribution in [0.5, 0.6) is 11.5 Å². The number of rotatable bonds is 16. The molecule has 0 saturated carbocycles. The molecule has 0 aromatic heterocycles. The summed E-state index contributed by atoms with van der Waals surface area (Å²) in [6, 6.07) is 7.30. The fraction of sp³-hybridized carbons (Fsp3) is 0.417. The van der Waals surface area contributed by atoms with Crippen molar-refractivity contribution in [3.8, 4) is 11.5 Å². The number of aliphatic hydroxyl groups is 4. The van der Waals surface area contributed by atoms with Crippen molar-refractivity contribution in [1.29, 1.82) is 0 Å². The number of carboxylic acids is 1. The highest BCUT2D eigenvalue weighted by atomic mass is 16.5. The lowest BCUT2D eigenvalue weighted by Gasteiger charge is -2.40. The summed E-state index contributed by atoms with van der Waals surface area (Å²) in [5.74, 6) is -1.65. The van der Waals surface area contributed by atoms with Crippen LogP contribution in [0.4, 0.5) is 0 Å². The molecule has 0 radical (unpaired) electrons. The van der Waals surface area contributed by atoms with Gasteiger partial charge in [0.2, 0.25) is 0 Å². The number of phenols is 2. The highest BCUT2D eigenvalue weighted by Crippen LogP contribution is 2.28. The van der Waals surface area contributed by atoms with Crippen LogP contribution in [-0.2, 0) is 40.6 Å². The number of nitrogens with zero attached hydrogens (tertiary/aromatic N) is 2. The Balaban J connectivity index is 2.44.